The number of nitrogens with zero attached hydrogens (tertiary/aromatic N) is 2. The number of hydrogen-bond donors (Lipinski definition) is 2. The molecule has 0 spiro atoms. The highest BCUT2D eigenvalue weighted by atomic mass is 35.5. The predicted octanol–water partition coefficient (Wildman–Crippen LogP) is 4.03. The topological polar surface area (TPSA) is 92.9 Å². The highest BCUT2D eigenvalue weighted by molar-refractivity contribution is 6.33. The van der Waals surface area contributed by atoms with Crippen LogP contribution >= 0.6 is 11.6 Å². The summed E-state index contributed by atoms with van der Waals surface area (Å²) in [5, 5.41) is 3.24. The van der Waals surface area contributed by atoms with Crippen molar-refractivity contribution in [3.63, 3.8) is 0 Å². The molecule has 4 rings (SSSR count). The number of benzene rings is 2. The van der Waals surface area contributed by atoms with Crippen LogP contribution in [0.1, 0.15) is 16.2 Å². The van der Waals surface area contributed by atoms with Gasteiger partial charge in [-0.1, -0.05) is 29.8 Å². The van der Waals surface area contributed by atoms with Crippen molar-refractivity contribution in [1.82, 2.24) is 14.5 Å². The van der Waals surface area contributed by atoms with Crippen molar-refractivity contribution in [3.8, 4) is 17.0 Å². The number of nitrogens with one attached hydrogen (secondary N) is 2. The van der Waals surface area contributed by atoms with Crippen molar-refractivity contribution in [3.05, 3.63) is 88.0 Å². The molecule has 0 saturated heterocycles. The molecule has 1 amide bonds. The van der Waals surface area contributed by atoms with Crippen LogP contribution in [0.5, 0.6) is 0 Å². The fourth-order valence-corrected chi connectivity index (χ4v) is 3.16. The molecule has 8 heteroatoms. The normalized spacial score (nSPS) is 10.8. The number of halogens is 1. The molecule has 0 fully saturated rings. The number of anilines is 1. The van der Waals surface area contributed by atoms with Crippen LogP contribution < -0.4 is 11.0 Å². The van der Waals surface area contributed by atoms with Gasteiger partial charge in [-0.05, 0) is 37.3 Å². The maximum Gasteiger partial charge on any atom is 0.330 e. The highest BCUT2D eigenvalue weighted by Crippen LogP contribution is 2.30. The van der Waals surface area contributed by atoms with Crippen LogP contribution in [0.25, 0.3) is 17.0 Å². The number of carbonyl (C=O) groups excluding carboxylic acids is 1. The summed E-state index contributed by atoms with van der Waals surface area (Å²) in [6, 6.07) is 14.0. The van der Waals surface area contributed by atoms with Crippen molar-refractivity contribution in [1.29, 1.82) is 0 Å². The van der Waals surface area contributed by atoms with Crippen LogP contribution in [-0.4, -0.2) is 20.4 Å². The number of oxazole rings is 1. The van der Waals surface area contributed by atoms with Crippen LogP contribution in [0, 0.1) is 6.92 Å². The molecule has 0 aliphatic heterocycles. The Morgan fingerprint density at radius 1 is 1.21 bits per heavy atom. The molecule has 7 nitrogen and oxygen atoms in total. The molecular formula is C20H15ClN4O3. The summed E-state index contributed by atoms with van der Waals surface area (Å²) >= 11 is 6.21. The zero-order chi connectivity index (χ0) is 19.7. The summed E-state index contributed by atoms with van der Waals surface area (Å²) in [6.07, 6.45) is 2.82. The van der Waals surface area contributed by atoms with E-state index >= 15 is 0 Å². The molecule has 0 aliphatic carbocycles. The number of rotatable bonds is 4. The van der Waals surface area contributed by atoms with E-state index in [1.807, 2.05) is 6.92 Å². The first kappa shape index (κ1) is 17.8. The van der Waals surface area contributed by atoms with Gasteiger partial charge in [-0.3, -0.25) is 9.36 Å². The van der Waals surface area contributed by atoms with Gasteiger partial charge in [0.15, 0.2) is 17.8 Å². The fourth-order valence-electron chi connectivity index (χ4n) is 2.93. The number of H-pyrrole nitrogens is 1. The third-order valence-corrected chi connectivity index (χ3v) is 4.55. The van der Waals surface area contributed by atoms with Crippen molar-refractivity contribution >= 4 is 23.2 Å². The van der Waals surface area contributed by atoms with E-state index in [1.54, 1.807) is 54.7 Å². The lowest BCUT2D eigenvalue weighted by atomic mass is 10.1. The lowest BCUT2D eigenvalue weighted by Gasteiger charge is -2.09. The summed E-state index contributed by atoms with van der Waals surface area (Å²) in [7, 11) is 0. The molecule has 0 bridgehead atoms. The Morgan fingerprint density at radius 3 is 2.79 bits per heavy atom. The Bertz CT molecular complexity index is 1220. The number of imidazole rings is 1. The van der Waals surface area contributed by atoms with E-state index in [-0.39, 0.29) is 17.1 Å². The van der Waals surface area contributed by atoms with Crippen LogP contribution in [0.15, 0.2) is 70.3 Å². The second kappa shape index (κ2) is 7.21. The number of carbonyl (C=O) groups is 1. The van der Waals surface area contributed by atoms with E-state index in [9.17, 15) is 9.59 Å². The minimum atomic E-state index is -0.445. The van der Waals surface area contributed by atoms with Gasteiger partial charge >= 0.3 is 5.69 Å². The number of aromatic amines is 1. The summed E-state index contributed by atoms with van der Waals surface area (Å²) < 4.78 is 6.91. The summed E-state index contributed by atoms with van der Waals surface area (Å²) in [4.78, 5) is 31.4. The molecule has 0 atom stereocenters. The minimum absolute atomic E-state index is 0.119. The Kier molecular flexibility index (Phi) is 4.58. The first-order valence-electron chi connectivity index (χ1n) is 8.42. The molecule has 4 aromatic rings. The molecule has 0 aliphatic rings. The first-order valence-corrected chi connectivity index (χ1v) is 8.79. The molecular weight excluding hydrogens is 380 g/mol. The lowest BCUT2D eigenvalue weighted by molar-refractivity contribution is 0.102. The smallest absolute Gasteiger partial charge is 0.330 e. The molecule has 2 aromatic heterocycles. The Hall–Kier alpha value is -3.58. The Morgan fingerprint density at radius 2 is 2.04 bits per heavy atom. The van der Waals surface area contributed by atoms with Gasteiger partial charge in [0.25, 0.3) is 5.91 Å². The van der Waals surface area contributed by atoms with Gasteiger partial charge in [0, 0.05) is 23.1 Å². The van der Waals surface area contributed by atoms with E-state index in [1.165, 1.54) is 11.0 Å². The van der Waals surface area contributed by atoms with E-state index in [0.29, 0.717) is 22.0 Å². The summed E-state index contributed by atoms with van der Waals surface area (Å²) in [6.45, 7) is 1.81. The van der Waals surface area contributed by atoms with Crippen LogP contribution in [0.4, 0.5) is 5.69 Å². The van der Waals surface area contributed by atoms with E-state index in [2.05, 4.69) is 15.3 Å². The molecule has 0 unspecified atom stereocenters. The van der Waals surface area contributed by atoms with Gasteiger partial charge in [0.1, 0.15) is 0 Å². The minimum Gasteiger partial charge on any atom is -0.443 e. The second-order valence-corrected chi connectivity index (χ2v) is 6.49. The second-order valence-electron chi connectivity index (χ2n) is 6.09. The quantitative estimate of drug-likeness (QED) is 0.546. The number of aromatic nitrogens is 3. The SMILES string of the molecule is Cc1c[nH]c(=O)n1-c1cccc(NC(=O)c2ncoc2-c2ccccc2Cl)c1. The maximum atomic E-state index is 12.8. The van der Waals surface area contributed by atoms with Crippen molar-refractivity contribution < 1.29 is 9.21 Å². The third-order valence-electron chi connectivity index (χ3n) is 4.22. The van der Waals surface area contributed by atoms with Gasteiger partial charge in [0.2, 0.25) is 0 Å². The van der Waals surface area contributed by atoms with Crippen LogP contribution in [0.2, 0.25) is 5.02 Å². The molecule has 28 heavy (non-hydrogen) atoms. The van der Waals surface area contributed by atoms with Gasteiger partial charge in [0.05, 0.1) is 10.7 Å². The van der Waals surface area contributed by atoms with Crippen molar-refractivity contribution in [2.75, 3.05) is 5.32 Å². The monoisotopic (exact) mass is 394 g/mol. The molecule has 0 saturated carbocycles. The Labute approximate surface area is 164 Å². The molecule has 0 radical (unpaired) electrons. The summed E-state index contributed by atoms with van der Waals surface area (Å²) in [5.74, 6) is -0.157. The first-order chi connectivity index (χ1) is 13.5. The average Bonchev–Trinajstić information content (AvgIpc) is 3.29. The average molecular weight is 395 g/mol. The summed E-state index contributed by atoms with van der Waals surface area (Å²) in [5.41, 5.74) is 2.35. The maximum absolute atomic E-state index is 12.8. The van der Waals surface area contributed by atoms with E-state index in [4.69, 9.17) is 16.0 Å². The molecule has 2 heterocycles. The van der Waals surface area contributed by atoms with Crippen LogP contribution in [-0.2, 0) is 0 Å². The number of hydrogen-bond acceptors (Lipinski definition) is 4. The Balaban J connectivity index is 1.64. The molecule has 140 valence electrons. The largest absolute Gasteiger partial charge is 0.443 e. The molecule has 2 aromatic carbocycles. The van der Waals surface area contributed by atoms with Crippen molar-refractivity contribution in [2.24, 2.45) is 0 Å². The number of aryl methyl sites for hydroxylation is 1. The fraction of sp³-hybridized carbons (Fsp3) is 0.0500. The lowest BCUT2D eigenvalue weighted by Crippen LogP contribution is -2.17. The van der Waals surface area contributed by atoms with Crippen molar-refractivity contribution in [2.45, 2.75) is 6.92 Å². The van der Waals surface area contributed by atoms with E-state index < -0.39 is 5.91 Å². The van der Waals surface area contributed by atoms with Gasteiger partial charge in [-0.25, -0.2) is 9.78 Å². The number of amides is 1. The van der Waals surface area contributed by atoms with Gasteiger partial charge in [-0.15, -0.1) is 0 Å². The van der Waals surface area contributed by atoms with Gasteiger partial charge < -0.3 is 14.7 Å². The van der Waals surface area contributed by atoms with Gasteiger partial charge in [-0.2, -0.15) is 0 Å². The predicted molar refractivity (Wildman–Crippen MR) is 106 cm³/mol. The standard InChI is InChI=1S/C20H15ClN4O3/c1-12-10-22-20(27)25(12)14-6-4-5-13(9-14)24-19(26)17-18(28-11-23-17)15-7-2-3-8-16(15)21/h2-11H,1H3,(H,22,27)(H,24,26). The zero-order valence-corrected chi connectivity index (χ0v) is 15.5. The highest BCUT2D eigenvalue weighted by Gasteiger charge is 2.20. The van der Waals surface area contributed by atoms with E-state index in [0.717, 1.165) is 5.69 Å². The zero-order valence-electron chi connectivity index (χ0n) is 14.8. The molecule has 2 N–H and O–H groups in total. The van der Waals surface area contributed by atoms with Crippen LogP contribution in [0.3, 0.4) is 0 Å². The third kappa shape index (κ3) is 3.23.